The zero-order chi connectivity index (χ0) is 10.7. The first-order valence-corrected chi connectivity index (χ1v) is 6.98. The van der Waals surface area contributed by atoms with Crippen LogP contribution < -0.4 is 5.32 Å². The summed E-state index contributed by atoms with van der Waals surface area (Å²) >= 11 is 5.33. The van der Waals surface area contributed by atoms with Gasteiger partial charge in [-0.25, -0.2) is 4.39 Å². The Kier molecular flexibility index (Phi) is 3.92. The first kappa shape index (κ1) is 11.3. The van der Waals surface area contributed by atoms with Crippen LogP contribution in [0.1, 0.15) is 6.42 Å². The summed E-state index contributed by atoms with van der Waals surface area (Å²) < 4.78 is 14.2. The van der Waals surface area contributed by atoms with Gasteiger partial charge in [-0.2, -0.15) is 11.8 Å². The zero-order valence-corrected chi connectivity index (χ0v) is 10.7. The fourth-order valence-electron chi connectivity index (χ4n) is 1.66. The van der Waals surface area contributed by atoms with E-state index in [0.29, 0.717) is 11.6 Å². The molecule has 0 bridgehead atoms. The van der Waals surface area contributed by atoms with Crippen LogP contribution in [0.5, 0.6) is 0 Å². The minimum Gasteiger partial charge on any atom is -0.381 e. The lowest BCUT2D eigenvalue weighted by atomic mass is 10.1. The molecule has 15 heavy (non-hydrogen) atoms. The van der Waals surface area contributed by atoms with Gasteiger partial charge in [0.15, 0.2) is 0 Å². The normalized spacial score (nSPS) is 20.5. The molecule has 0 aromatic heterocycles. The molecule has 1 heterocycles. The molecule has 4 heteroatoms. The van der Waals surface area contributed by atoms with Crippen LogP contribution in [0.25, 0.3) is 0 Å². The summed E-state index contributed by atoms with van der Waals surface area (Å²) in [5.41, 5.74) is 0.592. The van der Waals surface area contributed by atoms with Crippen molar-refractivity contribution >= 4 is 33.4 Å². The average Bonchev–Trinajstić information content (AvgIpc) is 2.70. The van der Waals surface area contributed by atoms with E-state index in [0.717, 1.165) is 11.0 Å². The first-order valence-electron chi connectivity index (χ1n) is 5.03. The molecular formula is C11H13BrFNS. The third kappa shape index (κ3) is 2.88. The highest BCUT2D eigenvalue weighted by molar-refractivity contribution is 9.10. The van der Waals surface area contributed by atoms with Crippen LogP contribution >= 0.6 is 27.7 Å². The molecule has 1 N–H and O–H groups in total. The monoisotopic (exact) mass is 289 g/mol. The SMILES string of the molecule is Fc1cccc(Br)c1NCC1CCSC1. The van der Waals surface area contributed by atoms with Crippen molar-refractivity contribution in [3.63, 3.8) is 0 Å². The fourth-order valence-corrected chi connectivity index (χ4v) is 3.42. The lowest BCUT2D eigenvalue weighted by Crippen LogP contribution is -2.14. The van der Waals surface area contributed by atoms with Crippen molar-refractivity contribution in [1.29, 1.82) is 0 Å². The van der Waals surface area contributed by atoms with Gasteiger partial charge in [-0.15, -0.1) is 0 Å². The number of hydrogen-bond acceptors (Lipinski definition) is 2. The highest BCUT2D eigenvalue weighted by atomic mass is 79.9. The zero-order valence-electron chi connectivity index (χ0n) is 8.30. The number of nitrogens with one attached hydrogen (secondary N) is 1. The Morgan fingerprint density at radius 3 is 3.07 bits per heavy atom. The molecule has 1 atom stereocenters. The van der Waals surface area contributed by atoms with E-state index in [1.807, 2.05) is 17.8 Å². The maximum absolute atomic E-state index is 13.4. The highest BCUT2D eigenvalue weighted by Gasteiger charge is 2.16. The van der Waals surface area contributed by atoms with Crippen molar-refractivity contribution in [3.8, 4) is 0 Å². The molecular weight excluding hydrogens is 277 g/mol. The van der Waals surface area contributed by atoms with Gasteiger partial charge in [0.1, 0.15) is 5.82 Å². The number of hydrogen-bond donors (Lipinski definition) is 1. The molecule has 0 aliphatic carbocycles. The van der Waals surface area contributed by atoms with Gasteiger partial charge in [0.2, 0.25) is 0 Å². The van der Waals surface area contributed by atoms with Crippen LogP contribution in [0, 0.1) is 11.7 Å². The molecule has 0 radical (unpaired) electrons. The van der Waals surface area contributed by atoms with Crippen molar-refractivity contribution in [2.24, 2.45) is 5.92 Å². The second-order valence-corrected chi connectivity index (χ2v) is 5.71. The topological polar surface area (TPSA) is 12.0 Å². The second-order valence-electron chi connectivity index (χ2n) is 3.71. The number of halogens is 2. The van der Waals surface area contributed by atoms with Gasteiger partial charge in [0.25, 0.3) is 0 Å². The Hall–Kier alpha value is -0.220. The van der Waals surface area contributed by atoms with Crippen molar-refractivity contribution in [1.82, 2.24) is 0 Å². The predicted molar refractivity (Wildman–Crippen MR) is 68.0 cm³/mol. The molecule has 82 valence electrons. The molecule has 1 aromatic rings. The van der Waals surface area contributed by atoms with Crippen LogP contribution in [0.2, 0.25) is 0 Å². The quantitative estimate of drug-likeness (QED) is 0.910. The van der Waals surface area contributed by atoms with E-state index < -0.39 is 0 Å². The fraction of sp³-hybridized carbons (Fsp3) is 0.455. The third-order valence-electron chi connectivity index (χ3n) is 2.55. The third-order valence-corrected chi connectivity index (χ3v) is 4.45. The van der Waals surface area contributed by atoms with E-state index >= 15 is 0 Å². The van der Waals surface area contributed by atoms with Gasteiger partial charge in [0, 0.05) is 11.0 Å². The summed E-state index contributed by atoms with van der Waals surface area (Å²) in [5.74, 6) is 2.93. The number of rotatable bonds is 3. The van der Waals surface area contributed by atoms with Gasteiger partial charge in [-0.05, 0) is 51.9 Å². The summed E-state index contributed by atoms with van der Waals surface area (Å²) in [4.78, 5) is 0. The maximum atomic E-state index is 13.4. The van der Waals surface area contributed by atoms with E-state index in [9.17, 15) is 4.39 Å². The molecule has 0 saturated carbocycles. The van der Waals surface area contributed by atoms with E-state index in [1.54, 1.807) is 6.07 Å². The molecule has 1 aromatic carbocycles. The van der Waals surface area contributed by atoms with Crippen LogP contribution in [-0.2, 0) is 0 Å². The minimum absolute atomic E-state index is 0.185. The van der Waals surface area contributed by atoms with Crippen molar-refractivity contribution < 1.29 is 4.39 Å². The molecule has 2 rings (SSSR count). The largest absolute Gasteiger partial charge is 0.381 e. The smallest absolute Gasteiger partial charge is 0.147 e. The summed E-state index contributed by atoms with van der Waals surface area (Å²) in [7, 11) is 0. The predicted octanol–water partition coefficient (Wildman–Crippen LogP) is 3.75. The van der Waals surface area contributed by atoms with Gasteiger partial charge in [0.05, 0.1) is 5.69 Å². The number of anilines is 1. The Morgan fingerprint density at radius 2 is 2.40 bits per heavy atom. The van der Waals surface area contributed by atoms with Crippen molar-refractivity contribution in [3.05, 3.63) is 28.5 Å². The number of thioether (sulfide) groups is 1. The average molecular weight is 290 g/mol. The molecule has 1 aliphatic rings. The summed E-state index contributed by atoms with van der Waals surface area (Å²) in [5, 5.41) is 3.19. The van der Waals surface area contributed by atoms with Crippen molar-refractivity contribution in [2.45, 2.75) is 6.42 Å². The Bertz CT molecular complexity index is 319. The summed E-state index contributed by atoms with van der Waals surface area (Å²) in [6, 6.07) is 5.04. The first-order chi connectivity index (χ1) is 7.27. The standard InChI is InChI=1S/C11H13BrFNS/c12-9-2-1-3-10(13)11(9)14-6-8-4-5-15-7-8/h1-3,8,14H,4-7H2. The van der Waals surface area contributed by atoms with Crippen LogP contribution in [-0.4, -0.2) is 18.1 Å². The molecule has 1 unspecified atom stereocenters. The number of benzene rings is 1. The lowest BCUT2D eigenvalue weighted by Gasteiger charge is -2.13. The summed E-state index contributed by atoms with van der Waals surface area (Å²) in [6.07, 6.45) is 1.24. The Balaban J connectivity index is 1.97. The molecule has 1 aliphatic heterocycles. The molecule has 1 nitrogen and oxygen atoms in total. The van der Waals surface area contributed by atoms with E-state index in [2.05, 4.69) is 21.2 Å². The maximum Gasteiger partial charge on any atom is 0.147 e. The van der Waals surface area contributed by atoms with Gasteiger partial charge in [-0.3, -0.25) is 0 Å². The van der Waals surface area contributed by atoms with Crippen LogP contribution in [0.3, 0.4) is 0 Å². The molecule has 0 spiro atoms. The van der Waals surface area contributed by atoms with Gasteiger partial charge >= 0.3 is 0 Å². The van der Waals surface area contributed by atoms with Crippen LogP contribution in [0.4, 0.5) is 10.1 Å². The molecule has 1 fully saturated rings. The van der Waals surface area contributed by atoms with Crippen LogP contribution in [0.15, 0.2) is 22.7 Å². The Morgan fingerprint density at radius 1 is 1.53 bits per heavy atom. The minimum atomic E-state index is -0.185. The lowest BCUT2D eigenvalue weighted by molar-refractivity contribution is 0.610. The highest BCUT2D eigenvalue weighted by Crippen LogP contribution is 2.28. The molecule has 0 amide bonds. The van der Waals surface area contributed by atoms with Gasteiger partial charge < -0.3 is 5.32 Å². The van der Waals surface area contributed by atoms with E-state index in [4.69, 9.17) is 0 Å². The number of para-hydroxylation sites is 1. The van der Waals surface area contributed by atoms with Gasteiger partial charge in [-0.1, -0.05) is 6.07 Å². The second kappa shape index (κ2) is 5.21. The summed E-state index contributed by atoms with van der Waals surface area (Å²) in [6.45, 7) is 0.868. The van der Waals surface area contributed by atoms with E-state index in [1.165, 1.54) is 24.0 Å². The Labute approximate surface area is 102 Å². The van der Waals surface area contributed by atoms with Crippen molar-refractivity contribution in [2.75, 3.05) is 23.4 Å². The molecule has 1 saturated heterocycles. The van der Waals surface area contributed by atoms with E-state index in [-0.39, 0.29) is 5.82 Å².